The van der Waals surface area contributed by atoms with E-state index in [2.05, 4.69) is 5.32 Å². The summed E-state index contributed by atoms with van der Waals surface area (Å²) in [6, 6.07) is 13.8. The van der Waals surface area contributed by atoms with Crippen LogP contribution in [0.2, 0.25) is 0 Å². The third-order valence-corrected chi connectivity index (χ3v) is 4.80. The van der Waals surface area contributed by atoms with E-state index in [1.165, 1.54) is 24.6 Å². The van der Waals surface area contributed by atoms with Crippen LogP contribution in [0.3, 0.4) is 0 Å². The van der Waals surface area contributed by atoms with Gasteiger partial charge < -0.3 is 14.5 Å². The largest absolute Gasteiger partial charge is 0.481 e. The highest BCUT2D eigenvalue weighted by atomic mass is 19.4. The standard InChI is InChI=1S/C23H22F3NO4/c1-14(8-9-16-6-4-3-5-7-16)27-22(29)15(2)30-17-10-11-18-19(23(24,25)26)13-21(28)31-20(18)12-17/h3-7,10-15H,8-9H2,1-2H3,(H,27,29)/t14-,15-/m0/s1. The monoisotopic (exact) mass is 433 g/mol. The highest BCUT2D eigenvalue weighted by Crippen LogP contribution is 2.34. The van der Waals surface area contributed by atoms with Crippen LogP contribution in [0.5, 0.6) is 5.75 Å². The Balaban J connectivity index is 1.64. The number of amides is 1. The van der Waals surface area contributed by atoms with Gasteiger partial charge in [-0.2, -0.15) is 13.2 Å². The topological polar surface area (TPSA) is 68.5 Å². The summed E-state index contributed by atoms with van der Waals surface area (Å²) in [6.45, 7) is 3.42. The second-order valence-corrected chi connectivity index (χ2v) is 7.33. The fourth-order valence-electron chi connectivity index (χ4n) is 3.17. The zero-order chi connectivity index (χ0) is 22.6. The summed E-state index contributed by atoms with van der Waals surface area (Å²) in [6.07, 6.45) is -4.04. The average Bonchev–Trinajstić information content (AvgIpc) is 2.71. The Morgan fingerprint density at radius 1 is 1.10 bits per heavy atom. The van der Waals surface area contributed by atoms with Crippen molar-refractivity contribution in [3.8, 4) is 5.75 Å². The van der Waals surface area contributed by atoms with E-state index in [1.807, 2.05) is 37.3 Å². The maximum absolute atomic E-state index is 13.1. The van der Waals surface area contributed by atoms with E-state index in [4.69, 9.17) is 9.15 Å². The molecule has 0 saturated carbocycles. The lowest BCUT2D eigenvalue weighted by Gasteiger charge is -2.19. The number of hydrogen-bond donors (Lipinski definition) is 1. The van der Waals surface area contributed by atoms with Crippen molar-refractivity contribution >= 4 is 16.9 Å². The van der Waals surface area contributed by atoms with Crippen LogP contribution >= 0.6 is 0 Å². The first-order chi connectivity index (χ1) is 14.6. The predicted molar refractivity (Wildman–Crippen MR) is 110 cm³/mol. The molecule has 3 rings (SSSR count). The van der Waals surface area contributed by atoms with Gasteiger partial charge in [0.2, 0.25) is 0 Å². The number of hydrogen-bond acceptors (Lipinski definition) is 4. The molecular formula is C23H22F3NO4. The van der Waals surface area contributed by atoms with Crippen LogP contribution in [0.25, 0.3) is 11.0 Å². The molecular weight excluding hydrogens is 411 g/mol. The Morgan fingerprint density at radius 3 is 2.48 bits per heavy atom. The summed E-state index contributed by atoms with van der Waals surface area (Å²) in [5.74, 6) is -0.235. The molecule has 8 heteroatoms. The first-order valence-corrected chi connectivity index (χ1v) is 9.79. The molecule has 1 aromatic heterocycles. The van der Waals surface area contributed by atoms with Crippen molar-refractivity contribution in [2.24, 2.45) is 0 Å². The van der Waals surface area contributed by atoms with E-state index in [9.17, 15) is 22.8 Å². The normalized spacial score (nSPS) is 13.6. The molecule has 3 aromatic rings. The third-order valence-electron chi connectivity index (χ3n) is 4.80. The Labute approximate surface area is 176 Å². The molecule has 0 radical (unpaired) electrons. The lowest BCUT2D eigenvalue weighted by Crippen LogP contribution is -2.41. The van der Waals surface area contributed by atoms with E-state index in [0.717, 1.165) is 18.9 Å². The van der Waals surface area contributed by atoms with E-state index in [-0.39, 0.29) is 28.7 Å². The first kappa shape index (κ1) is 22.4. The van der Waals surface area contributed by atoms with Gasteiger partial charge >= 0.3 is 11.8 Å². The van der Waals surface area contributed by atoms with Gasteiger partial charge in [-0.3, -0.25) is 4.79 Å². The van der Waals surface area contributed by atoms with Gasteiger partial charge in [0.25, 0.3) is 5.91 Å². The van der Waals surface area contributed by atoms with Crippen LogP contribution in [-0.2, 0) is 17.4 Å². The Kier molecular flexibility index (Phi) is 6.68. The molecule has 0 saturated heterocycles. The smallest absolute Gasteiger partial charge is 0.417 e. The molecule has 0 bridgehead atoms. The van der Waals surface area contributed by atoms with Crippen LogP contribution in [0.4, 0.5) is 13.2 Å². The van der Waals surface area contributed by atoms with Crippen molar-refractivity contribution < 1.29 is 27.1 Å². The quantitative estimate of drug-likeness (QED) is 0.548. The van der Waals surface area contributed by atoms with Gasteiger partial charge in [0.05, 0.1) is 5.56 Å². The molecule has 164 valence electrons. The molecule has 0 aliphatic heterocycles. The number of alkyl halides is 3. The fraction of sp³-hybridized carbons (Fsp3) is 0.304. The maximum atomic E-state index is 13.1. The summed E-state index contributed by atoms with van der Waals surface area (Å²) in [4.78, 5) is 23.9. The number of ether oxygens (including phenoxy) is 1. The summed E-state index contributed by atoms with van der Waals surface area (Å²) < 4.78 is 49.9. The number of rotatable bonds is 7. The van der Waals surface area contributed by atoms with Crippen molar-refractivity contribution in [1.29, 1.82) is 0 Å². The number of nitrogens with one attached hydrogen (secondary N) is 1. The van der Waals surface area contributed by atoms with Gasteiger partial charge in [-0.15, -0.1) is 0 Å². The minimum absolute atomic E-state index is 0.0947. The Bertz CT molecular complexity index is 1110. The lowest BCUT2D eigenvalue weighted by molar-refractivity contribution is -0.136. The number of fused-ring (bicyclic) bond motifs is 1. The fourth-order valence-corrected chi connectivity index (χ4v) is 3.17. The minimum Gasteiger partial charge on any atom is -0.481 e. The first-order valence-electron chi connectivity index (χ1n) is 9.79. The summed E-state index contributed by atoms with van der Waals surface area (Å²) in [5, 5.41) is 2.60. The number of carbonyl (C=O) groups excluding carboxylic acids is 1. The van der Waals surface area contributed by atoms with Gasteiger partial charge in [-0.05, 0) is 44.4 Å². The molecule has 2 aromatic carbocycles. The van der Waals surface area contributed by atoms with Crippen molar-refractivity contribution in [1.82, 2.24) is 5.32 Å². The van der Waals surface area contributed by atoms with Gasteiger partial charge in [-0.1, -0.05) is 30.3 Å². The zero-order valence-electron chi connectivity index (χ0n) is 17.0. The van der Waals surface area contributed by atoms with E-state index < -0.39 is 23.5 Å². The van der Waals surface area contributed by atoms with Gasteiger partial charge in [0.1, 0.15) is 11.3 Å². The van der Waals surface area contributed by atoms with Crippen molar-refractivity contribution in [2.75, 3.05) is 0 Å². The lowest BCUT2D eigenvalue weighted by atomic mass is 10.1. The molecule has 5 nitrogen and oxygen atoms in total. The molecule has 0 spiro atoms. The van der Waals surface area contributed by atoms with Gasteiger partial charge in [-0.25, -0.2) is 4.79 Å². The highest BCUT2D eigenvalue weighted by Gasteiger charge is 2.34. The maximum Gasteiger partial charge on any atom is 0.417 e. The summed E-state index contributed by atoms with van der Waals surface area (Å²) in [5.41, 5.74) is -1.29. The number of carbonyl (C=O) groups is 1. The number of aryl methyl sites for hydroxylation is 1. The highest BCUT2D eigenvalue weighted by molar-refractivity contribution is 5.83. The molecule has 0 fully saturated rings. The van der Waals surface area contributed by atoms with Crippen LogP contribution < -0.4 is 15.7 Å². The molecule has 0 aliphatic carbocycles. The molecule has 1 amide bonds. The van der Waals surface area contributed by atoms with E-state index in [1.54, 1.807) is 0 Å². The van der Waals surface area contributed by atoms with Gasteiger partial charge in [0, 0.05) is 23.6 Å². The SMILES string of the molecule is C[C@H](Oc1ccc2c(C(F)(F)F)cc(=O)oc2c1)C(=O)N[C@@H](C)CCc1ccccc1. The van der Waals surface area contributed by atoms with Crippen LogP contribution in [-0.4, -0.2) is 18.1 Å². The van der Waals surface area contributed by atoms with Crippen LogP contribution in [0, 0.1) is 0 Å². The average molecular weight is 433 g/mol. The predicted octanol–water partition coefficient (Wildman–Crippen LogP) is 4.72. The van der Waals surface area contributed by atoms with Crippen LogP contribution in [0.1, 0.15) is 31.4 Å². The van der Waals surface area contributed by atoms with Gasteiger partial charge in [0.15, 0.2) is 6.10 Å². The molecule has 2 atom stereocenters. The molecule has 0 unspecified atom stereocenters. The summed E-state index contributed by atoms with van der Waals surface area (Å²) >= 11 is 0. The van der Waals surface area contributed by atoms with Crippen molar-refractivity contribution in [3.05, 3.63) is 76.1 Å². The molecule has 31 heavy (non-hydrogen) atoms. The third kappa shape index (κ3) is 5.87. The second-order valence-electron chi connectivity index (χ2n) is 7.33. The Morgan fingerprint density at radius 2 is 1.81 bits per heavy atom. The number of benzene rings is 2. The number of halogens is 3. The van der Waals surface area contributed by atoms with E-state index >= 15 is 0 Å². The second kappa shape index (κ2) is 9.24. The van der Waals surface area contributed by atoms with Crippen molar-refractivity contribution in [3.63, 3.8) is 0 Å². The zero-order valence-corrected chi connectivity index (χ0v) is 17.0. The molecule has 1 N–H and O–H groups in total. The molecule has 0 aliphatic rings. The Hall–Kier alpha value is -3.29. The van der Waals surface area contributed by atoms with Crippen molar-refractivity contribution in [2.45, 2.75) is 45.0 Å². The van der Waals surface area contributed by atoms with E-state index in [0.29, 0.717) is 6.07 Å². The minimum atomic E-state index is -4.69. The molecule has 1 heterocycles. The summed E-state index contributed by atoms with van der Waals surface area (Å²) in [7, 11) is 0. The van der Waals surface area contributed by atoms with Crippen LogP contribution in [0.15, 0.2) is 63.8 Å².